The van der Waals surface area contributed by atoms with E-state index in [0.29, 0.717) is 0 Å². The third kappa shape index (κ3) is 7.00. The molecular formula is C9H12O. The van der Waals surface area contributed by atoms with Crippen LogP contribution in [0, 0.1) is 11.8 Å². The molecule has 0 aliphatic rings. The van der Waals surface area contributed by atoms with Gasteiger partial charge in [-0.2, -0.15) is 0 Å². The number of aliphatic hydroxyl groups is 1. The topological polar surface area (TPSA) is 20.2 Å². The van der Waals surface area contributed by atoms with E-state index in [1.165, 1.54) is 0 Å². The maximum Gasteiger partial charge on any atom is 0.0695 e. The van der Waals surface area contributed by atoms with Crippen molar-refractivity contribution in [2.75, 3.05) is 0 Å². The molecule has 0 amide bonds. The molecule has 1 unspecified atom stereocenters. The fourth-order valence-electron chi connectivity index (χ4n) is 0.412. The van der Waals surface area contributed by atoms with Crippen molar-refractivity contribution in [1.82, 2.24) is 0 Å². The van der Waals surface area contributed by atoms with Crippen molar-refractivity contribution in [1.29, 1.82) is 0 Å². The summed E-state index contributed by atoms with van der Waals surface area (Å²) < 4.78 is 0. The second kappa shape index (κ2) is 6.12. The predicted molar refractivity (Wildman–Crippen MR) is 43.4 cm³/mol. The van der Waals surface area contributed by atoms with Crippen LogP contribution < -0.4 is 0 Å². The van der Waals surface area contributed by atoms with Gasteiger partial charge in [-0.05, 0) is 19.9 Å². The van der Waals surface area contributed by atoms with E-state index in [1.807, 2.05) is 0 Å². The molecule has 0 aliphatic carbocycles. The highest BCUT2D eigenvalue weighted by molar-refractivity contribution is 5.18. The van der Waals surface area contributed by atoms with Crippen LogP contribution in [-0.2, 0) is 0 Å². The first-order valence-corrected chi connectivity index (χ1v) is 3.21. The number of hydrogen-bond acceptors (Lipinski definition) is 1. The van der Waals surface area contributed by atoms with Gasteiger partial charge < -0.3 is 5.11 Å². The lowest BCUT2D eigenvalue weighted by molar-refractivity contribution is 0.244. The predicted octanol–water partition coefficient (Wildman–Crippen LogP) is 1.50. The maximum atomic E-state index is 8.75. The molecule has 0 spiro atoms. The van der Waals surface area contributed by atoms with Crippen molar-refractivity contribution < 1.29 is 5.11 Å². The molecule has 0 aromatic carbocycles. The lowest BCUT2D eigenvalue weighted by Crippen LogP contribution is -1.90. The van der Waals surface area contributed by atoms with Crippen molar-refractivity contribution in [2.45, 2.75) is 20.0 Å². The molecule has 0 aliphatic heterocycles. The monoisotopic (exact) mass is 136 g/mol. The highest BCUT2D eigenvalue weighted by Gasteiger charge is 1.79. The number of allylic oxidation sites excluding steroid dienone is 3. The summed E-state index contributed by atoms with van der Waals surface area (Å²) in [6.45, 7) is 3.48. The maximum absolute atomic E-state index is 8.75. The largest absolute Gasteiger partial charge is 0.389 e. The summed E-state index contributed by atoms with van der Waals surface area (Å²) in [4.78, 5) is 0. The van der Waals surface area contributed by atoms with Crippen LogP contribution in [0.25, 0.3) is 0 Å². The Balaban J connectivity index is 3.58. The summed E-state index contributed by atoms with van der Waals surface area (Å²) in [5, 5.41) is 8.75. The van der Waals surface area contributed by atoms with Gasteiger partial charge in [-0.25, -0.2) is 0 Å². The second-order valence-corrected chi connectivity index (χ2v) is 1.88. The molecule has 0 fully saturated rings. The Morgan fingerprint density at radius 1 is 1.40 bits per heavy atom. The molecule has 0 bridgehead atoms. The molecule has 1 atom stereocenters. The van der Waals surface area contributed by atoms with Gasteiger partial charge in [0.2, 0.25) is 0 Å². The minimum absolute atomic E-state index is 0.376. The van der Waals surface area contributed by atoms with Crippen LogP contribution in [-0.4, -0.2) is 11.2 Å². The Hall–Kier alpha value is -1.00. The Bertz CT molecular complexity index is 177. The second-order valence-electron chi connectivity index (χ2n) is 1.88. The average Bonchev–Trinajstić information content (AvgIpc) is 1.87. The van der Waals surface area contributed by atoms with Crippen molar-refractivity contribution in [3.63, 3.8) is 0 Å². The number of rotatable bonds is 2. The fraction of sp³-hybridized carbons (Fsp3) is 0.333. The summed E-state index contributed by atoms with van der Waals surface area (Å²) >= 11 is 0. The van der Waals surface area contributed by atoms with Crippen LogP contribution in [0.5, 0.6) is 0 Å². The average molecular weight is 136 g/mol. The van der Waals surface area contributed by atoms with Crippen LogP contribution >= 0.6 is 0 Å². The molecule has 0 aromatic heterocycles. The van der Waals surface area contributed by atoms with E-state index in [-0.39, 0.29) is 6.10 Å². The van der Waals surface area contributed by atoms with Crippen LogP contribution in [0.2, 0.25) is 0 Å². The SMILES string of the molecule is CC#C/C=C/C=C/C(C)O. The van der Waals surface area contributed by atoms with E-state index < -0.39 is 0 Å². The first-order valence-electron chi connectivity index (χ1n) is 3.21. The van der Waals surface area contributed by atoms with E-state index >= 15 is 0 Å². The van der Waals surface area contributed by atoms with Crippen LogP contribution in [0.4, 0.5) is 0 Å². The molecule has 0 radical (unpaired) electrons. The molecule has 0 saturated heterocycles. The molecule has 0 aromatic rings. The van der Waals surface area contributed by atoms with E-state index in [2.05, 4.69) is 11.8 Å². The third-order valence-corrected chi connectivity index (χ3v) is 0.825. The van der Waals surface area contributed by atoms with Crippen molar-refractivity contribution in [3.05, 3.63) is 24.3 Å². The van der Waals surface area contributed by atoms with Crippen molar-refractivity contribution in [2.24, 2.45) is 0 Å². The van der Waals surface area contributed by atoms with E-state index in [4.69, 9.17) is 5.11 Å². The summed E-state index contributed by atoms with van der Waals surface area (Å²) in [7, 11) is 0. The van der Waals surface area contributed by atoms with Gasteiger partial charge in [0.1, 0.15) is 0 Å². The first-order chi connectivity index (χ1) is 4.77. The molecule has 1 N–H and O–H groups in total. The Morgan fingerprint density at radius 3 is 2.60 bits per heavy atom. The quantitative estimate of drug-likeness (QED) is 0.450. The Morgan fingerprint density at radius 2 is 2.10 bits per heavy atom. The zero-order chi connectivity index (χ0) is 7.82. The van der Waals surface area contributed by atoms with Gasteiger partial charge in [0.05, 0.1) is 6.10 Å². The van der Waals surface area contributed by atoms with Gasteiger partial charge in [0.25, 0.3) is 0 Å². The molecule has 54 valence electrons. The zero-order valence-electron chi connectivity index (χ0n) is 6.33. The van der Waals surface area contributed by atoms with Gasteiger partial charge in [0, 0.05) is 0 Å². The molecular weight excluding hydrogens is 124 g/mol. The summed E-state index contributed by atoms with van der Waals surface area (Å²) in [5.74, 6) is 5.48. The molecule has 1 heteroatoms. The van der Waals surface area contributed by atoms with E-state index in [0.717, 1.165) is 0 Å². The van der Waals surface area contributed by atoms with Gasteiger partial charge in [-0.3, -0.25) is 0 Å². The summed E-state index contributed by atoms with van der Waals surface area (Å²) in [6, 6.07) is 0. The molecule has 1 nitrogen and oxygen atoms in total. The molecule has 0 heterocycles. The molecule has 0 saturated carbocycles. The van der Waals surface area contributed by atoms with Crippen LogP contribution in [0.15, 0.2) is 24.3 Å². The Labute approximate surface area is 62.1 Å². The minimum Gasteiger partial charge on any atom is -0.389 e. The highest BCUT2D eigenvalue weighted by Crippen LogP contribution is 1.82. The standard InChI is InChI=1S/C9H12O/c1-3-4-5-6-7-8-9(2)10/h5-10H,1-2H3/b6-5+,8-7+. The zero-order valence-corrected chi connectivity index (χ0v) is 6.33. The fourth-order valence-corrected chi connectivity index (χ4v) is 0.412. The van der Waals surface area contributed by atoms with Crippen LogP contribution in [0.1, 0.15) is 13.8 Å². The van der Waals surface area contributed by atoms with Gasteiger partial charge in [-0.15, -0.1) is 5.92 Å². The van der Waals surface area contributed by atoms with Crippen molar-refractivity contribution >= 4 is 0 Å². The van der Waals surface area contributed by atoms with Crippen LogP contribution in [0.3, 0.4) is 0 Å². The summed E-state index contributed by atoms with van der Waals surface area (Å²) in [6.07, 6.45) is 6.62. The number of hydrogen-bond donors (Lipinski definition) is 1. The molecule has 0 rings (SSSR count). The minimum atomic E-state index is -0.376. The van der Waals surface area contributed by atoms with Gasteiger partial charge in [0.15, 0.2) is 0 Å². The Kier molecular flexibility index (Phi) is 5.51. The van der Waals surface area contributed by atoms with Gasteiger partial charge >= 0.3 is 0 Å². The lowest BCUT2D eigenvalue weighted by Gasteiger charge is -1.88. The van der Waals surface area contributed by atoms with E-state index in [1.54, 1.807) is 38.2 Å². The van der Waals surface area contributed by atoms with Crippen molar-refractivity contribution in [3.8, 4) is 11.8 Å². The van der Waals surface area contributed by atoms with Gasteiger partial charge in [-0.1, -0.05) is 24.1 Å². The third-order valence-electron chi connectivity index (χ3n) is 0.825. The normalized spacial score (nSPS) is 13.5. The van der Waals surface area contributed by atoms with E-state index in [9.17, 15) is 0 Å². The smallest absolute Gasteiger partial charge is 0.0695 e. The lowest BCUT2D eigenvalue weighted by atomic mass is 10.3. The first kappa shape index (κ1) is 9.00. The molecule has 10 heavy (non-hydrogen) atoms. The number of aliphatic hydroxyl groups excluding tert-OH is 1. The highest BCUT2D eigenvalue weighted by atomic mass is 16.3. The summed E-state index contributed by atoms with van der Waals surface area (Å²) in [5.41, 5.74) is 0.